The maximum Gasteiger partial charge on any atom is 0.326 e. The number of carboxylic acids is 1. The Morgan fingerprint density at radius 2 is 1.46 bits per heavy atom. The zero-order valence-corrected chi connectivity index (χ0v) is 21.9. The summed E-state index contributed by atoms with van der Waals surface area (Å²) in [5, 5.41) is 14.4. The molecule has 4 atom stereocenters. The molecule has 1 rings (SSSR count). The van der Waals surface area contributed by atoms with E-state index in [1.807, 2.05) is 0 Å². The van der Waals surface area contributed by atoms with Crippen molar-refractivity contribution in [1.82, 2.24) is 15.5 Å². The average molecular weight is 556 g/mol. The largest absolute Gasteiger partial charge is 0.480 e. The van der Waals surface area contributed by atoms with Gasteiger partial charge in [-0.1, -0.05) is 0 Å². The topological polar surface area (TPSA) is 314 Å². The summed E-state index contributed by atoms with van der Waals surface area (Å²) in [4.78, 5) is 71.0. The third kappa shape index (κ3) is 12.3. The van der Waals surface area contributed by atoms with Crippen LogP contribution in [-0.4, -0.2) is 95.3 Å². The summed E-state index contributed by atoms with van der Waals surface area (Å²) >= 11 is 0. The standard InChI is InChI=1S/C22H41N11O6/c23-12(4-1-9-29-21(25)26)19(37)33-11-3-6-15(33)18(36)31-13(7-8-16(24)34)17(35)32-14(20(38)39)5-2-10-30-22(27)28/h12-15H,1-11,23H2,(H2,24,34)(H,31,36)(H,32,35)(H,38,39)(H4,25,26,29)(H4,27,28,30). The summed E-state index contributed by atoms with van der Waals surface area (Å²) in [6.45, 7) is 0.759. The van der Waals surface area contributed by atoms with E-state index in [1.165, 1.54) is 4.90 Å². The van der Waals surface area contributed by atoms with Crippen molar-refractivity contribution >= 4 is 41.5 Å². The van der Waals surface area contributed by atoms with E-state index in [2.05, 4.69) is 20.6 Å². The molecule has 0 aliphatic carbocycles. The van der Waals surface area contributed by atoms with Crippen LogP contribution in [0.25, 0.3) is 0 Å². The van der Waals surface area contributed by atoms with Crippen LogP contribution in [0.5, 0.6) is 0 Å². The molecule has 0 aromatic carbocycles. The van der Waals surface area contributed by atoms with Crippen LogP contribution in [0.3, 0.4) is 0 Å². The van der Waals surface area contributed by atoms with Gasteiger partial charge < -0.3 is 55.0 Å². The number of carbonyl (C=O) groups excluding carboxylic acids is 4. The highest BCUT2D eigenvalue weighted by atomic mass is 16.4. The predicted octanol–water partition coefficient (Wildman–Crippen LogP) is -4.27. The van der Waals surface area contributed by atoms with Gasteiger partial charge in [0.25, 0.3) is 0 Å². The number of aliphatic imine (C=N–C) groups is 2. The van der Waals surface area contributed by atoms with E-state index in [4.69, 9.17) is 34.4 Å². The Hall–Kier alpha value is -4.15. The predicted molar refractivity (Wildman–Crippen MR) is 142 cm³/mol. The summed E-state index contributed by atoms with van der Waals surface area (Å²) < 4.78 is 0. The van der Waals surface area contributed by atoms with Crippen molar-refractivity contribution in [3.8, 4) is 0 Å². The zero-order chi connectivity index (χ0) is 29.5. The molecule has 4 amide bonds. The lowest BCUT2D eigenvalue weighted by atomic mass is 10.1. The van der Waals surface area contributed by atoms with Crippen molar-refractivity contribution in [1.29, 1.82) is 0 Å². The van der Waals surface area contributed by atoms with Crippen LogP contribution < -0.4 is 45.0 Å². The molecule has 1 heterocycles. The van der Waals surface area contributed by atoms with E-state index in [0.29, 0.717) is 38.8 Å². The van der Waals surface area contributed by atoms with Crippen LogP contribution in [0.2, 0.25) is 0 Å². The van der Waals surface area contributed by atoms with Gasteiger partial charge in [0.15, 0.2) is 11.9 Å². The molecule has 0 aromatic rings. The molecule has 15 N–H and O–H groups in total. The molecule has 0 radical (unpaired) electrons. The lowest BCUT2D eigenvalue weighted by molar-refractivity contribution is -0.143. The minimum Gasteiger partial charge on any atom is -0.480 e. The molecule has 17 heteroatoms. The number of nitrogens with two attached hydrogens (primary N) is 6. The van der Waals surface area contributed by atoms with E-state index in [0.717, 1.165) is 0 Å². The van der Waals surface area contributed by atoms with E-state index in [1.54, 1.807) is 0 Å². The van der Waals surface area contributed by atoms with Gasteiger partial charge in [0.05, 0.1) is 6.04 Å². The molecule has 1 aliphatic rings. The zero-order valence-electron chi connectivity index (χ0n) is 21.9. The Morgan fingerprint density at radius 3 is 2.00 bits per heavy atom. The summed E-state index contributed by atoms with van der Waals surface area (Å²) in [6, 6.07) is -4.33. The highest BCUT2D eigenvalue weighted by Gasteiger charge is 2.37. The fourth-order valence-corrected chi connectivity index (χ4v) is 4.02. The van der Waals surface area contributed by atoms with Crippen LogP contribution in [0.1, 0.15) is 51.4 Å². The molecule has 39 heavy (non-hydrogen) atoms. The summed E-state index contributed by atoms with van der Waals surface area (Å²) in [5.41, 5.74) is 32.3. The Kier molecular flexibility index (Phi) is 14.0. The molecule has 1 saturated heterocycles. The fourth-order valence-electron chi connectivity index (χ4n) is 4.02. The van der Waals surface area contributed by atoms with E-state index in [9.17, 15) is 29.1 Å². The van der Waals surface area contributed by atoms with E-state index in [-0.39, 0.29) is 44.1 Å². The summed E-state index contributed by atoms with van der Waals surface area (Å²) in [5.74, 6) is -4.09. The van der Waals surface area contributed by atoms with Crippen LogP contribution in [0, 0.1) is 0 Å². The molecular formula is C22H41N11O6. The SMILES string of the molecule is NC(=O)CCC(NC(=O)C1CCCN1C(=O)C(N)CCCN=C(N)N)C(=O)NC(CCCN=C(N)N)C(=O)O. The maximum absolute atomic E-state index is 13.1. The molecule has 1 fully saturated rings. The van der Waals surface area contributed by atoms with Crippen LogP contribution in [0.4, 0.5) is 0 Å². The first-order chi connectivity index (χ1) is 18.3. The Morgan fingerprint density at radius 1 is 0.872 bits per heavy atom. The summed E-state index contributed by atoms with van der Waals surface area (Å²) in [7, 11) is 0. The highest BCUT2D eigenvalue weighted by Crippen LogP contribution is 2.19. The van der Waals surface area contributed by atoms with Gasteiger partial charge in [0, 0.05) is 26.1 Å². The molecule has 0 saturated carbocycles. The summed E-state index contributed by atoms with van der Waals surface area (Å²) in [6.07, 6.45) is 1.50. The molecule has 0 bridgehead atoms. The second-order valence-electron chi connectivity index (χ2n) is 9.16. The third-order valence-electron chi connectivity index (χ3n) is 6.00. The average Bonchev–Trinajstić information content (AvgIpc) is 3.34. The Labute approximate surface area is 226 Å². The minimum absolute atomic E-state index is 0.0142. The number of carboxylic acid groups (broad SMARTS) is 1. The first-order valence-corrected chi connectivity index (χ1v) is 12.6. The van der Waals surface area contributed by atoms with E-state index < -0.39 is 53.8 Å². The number of guanidine groups is 2. The molecular weight excluding hydrogens is 514 g/mol. The van der Waals surface area contributed by atoms with Gasteiger partial charge in [0.2, 0.25) is 23.6 Å². The van der Waals surface area contributed by atoms with Crippen molar-refractivity contribution in [3.63, 3.8) is 0 Å². The number of rotatable bonds is 17. The number of carbonyl (C=O) groups is 5. The Balaban J connectivity index is 2.87. The number of hydrogen-bond acceptors (Lipinski definition) is 8. The van der Waals surface area contributed by atoms with Crippen molar-refractivity contribution in [2.45, 2.75) is 75.5 Å². The molecule has 0 aromatic heterocycles. The first kappa shape index (κ1) is 32.9. The quantitative estimate of drug-likeness (QED) is 0.0469. The second-order valence-corrected chi connectivity index (χ2v) is 9.16. The van der Waals surface area contributed by atoms with E-state index >= 15 is 0 Å². The van der Waals surface area contributed by atoms with Gasteiger partial charge in [-0.2, -0.15) is 0 Å². The van der Waals surface area contributed by atoms with Gasteiger partial charge in [-0.25, -0.2) is 4.79 Å². The Bertz CT molecular complexity index is 933. The minimum atomic E-state index is -1.30. The van der Waals surface area contributed by atoms with Gasteiger partial charge >= 0.3 is 5.97 Å². The number of hydrogen-bond donors (Lipinski definition) is 9. The first-order valence-electron chi connectivity index (χ1n) is 12.6. The van der Waals surface area contributed by atoms with Crippen molar-refractivity contribution in [3.05, 3.63) is 0 Å². The van der Waals surface area contributed by atoms with Crippen LogP contribution >= 0.6 is 0 Å². The number of amides is 4. The number of primary amides is 1. The fraction of sp³-hybridized carbons (Fsp3) is 0.682. The molecule has 0 spiro atoms. The number of nitrogens with zero attached hydrogens (tertiary/aromatic N) is 3. The normalized spacial score (nSPS) is 16.8. The molecule has 1 aliphatic heterocycles. The lowest BCUT2D eigenvalue weighted by Crippen LogP contribution is -2.56. The molecule has 4 unspecified atom stereocenters. The van der Waals surface area contributed by atoms with Crippen LogP contribution in [-0.2, 0) is 24.0 Å². The van der Waals surface area contributed by atoms with Gasteiger partial charge in [0.1, 0.15) is 18.1 Å². The smallest absolute Gasteiger partial charge is 0.326 e. The van der Waals surface area contributed by atoms with Gasteiger partial charge in [-0.3, -0.25) is 29.2 Å². The number of likely N-dealkylation sites (tertiary alicyclic amines) is 1. The van der Waals surface area contributed by atoms with Crippen molar-refractivity contribution in [2.24, 2.45) is 44.4 Å². The molecule has 220 valence electrons. The van der Waals surface area contributed by atoms with Gasteiger partial charge in [-0.05, 0) is 44.9 Å². The number of nitrogens with one attached hydrogen (secondary N) is 2. The van der Waals surface area contributed by atoms with Gasteiger partial charge in [-0.15, -0.1) is 0 Å². The molecule has 17 nitrogen and oxygen atoms in total. The van der Waals surface area contributed by atoms with Crippen LogP contribution in [0.15, 0.2) is 9.98 Å². The highest BCUT2D eigenvalue weighted by molar-refractivity contribution is 5.94. The third-order valence-corrected chi connectivity index (χ3v) is 6.00. The van der Waals surface area contributed by atoms with Crippen molar-refractivity contribution < 1.29 is 29.1 Å². The maximum atomic E-state index is 13.1. The van der Waals surface area contributed by atoms with Crippen molar-refractivity contribution in [2.75, 3.05) is 19.6 Å². The number of aliphatic carboxylic acids is 1. The second kappa shape index (κ2) is 16.6. The monoisotopic (exact) mass is 555 g/mol. The lowest BCUT2D eigenvalue weighted by Gasteiger charge is -2.28.